The Balaban J connectivity index is 2.03. The van der Waals surface area contributed by atoms with Crippen molar-refractivity contribution in [3.63, 3.8) is 0 Å². The molecular formula is C17H20NO+. The van der Waals surface area contributed by atoms with Gasteiger partial charge < -0.3 is 9.64 Å². The predicted molar refractivity (Wildman–Crippen MR) is 79.7 cm³/mol. The van der Waals surface area contributed by atoms with Crippen molar-refractivity contribution in [2.24, 2.45) is 0 Å². The fraction of sp³-hybridized carbons (Fsp3) is 0.294. The Morgan fingerprint density at radius 3 is 2.53 bits per heavy atom. The zero-order valence-electron chi connectivity index (χ0n) is 11.7. The minimum absolute atomic E-state index is 0.579. The molecule has 19 heavy (non-hydrogen) atoms. The van der Waals surface area contributed by atoms with Crippen molar-refractivity contribution in [2.45, 2.75) is 13.0 Å². The number of hydrogen-bond acceptors (Lipinski definition) is 1. The molecule has 2 nitrogen and oxygen atoms in total. The topological polar surface area (TPSA) is 13.7 Å². The Morgan fingerprint density at radius 2 is 1.84 bits per heavy atom. The molecule has 0 saturated heterocycles. The summed E-state index contributed by atoms with van der Waals surface area (Å²) in [6.45, 7) is 3.42. The molecule has 2 aromatic carbocycles. The molecule has 1 aliphatic heterocycles. The summed E-state index contributed by atoms with van der Waals surface area (Å²) in [5, 5.41) is 2.51. The number of nitrogens with one attached hydrogen (secondary N) is 1. The van der Waals surface area contributed by atoms with Crippen LogP contribution in [0.2, 0.25) is 0 Å². The first-order valence-electron chi connectivity index (χ1n) is 6.79. The molecule has 0 spiro atoms. The van der Waals surface area contributed by atoms with Crippen LogP contribution in [0.5, 0.6) is 5.75 Å². The van der Waals surface area contributed by atoms with E-state index in [2.05, 4.69) is 50.4 Å². The van der Waals surface area contributed by atoms with Crippen LogP contribution in [0.3, 0.4) is 0 Å². The average molecular weight is 254 g/mol. The number of benzene rings is 2. The smallest absolute Gasteiger partial charge is 0.119 e. The molecule has 0 amide bonds. The van der Waals surface area contributed by atoms with Gasteiger partial charge in [-0.3, -0.25) is 0 Å². The van der Waals surface area contributed by atoms with E-state index in [0.29, 0.717) is 6.04 Å². The van der Waals surface area contributed by atoms with E-state index in [1.54, 1.807) is 12.0 Å². The van der Waals surface area contributed by atoms with E-state index in [1.807, 2.05) is 6.07 Å². The maximum atomic E-state index is 5.27. The van der Waals surface area contributed by atoms with Crippen LogP contribution in [-0.2, 0) is 0 Å². The molecule has 0 radical (unpaired) electrons. The molecule has 2 heteroatoms. The Labute approximate surface area is 114 Å². The maximum Gasteiger partial charge on any atom is 0.119 e. The van der Waals surface area contributed by atoms with Crippen LogP contribution in [0.15, 0.2) is 42.5 Å². The Morgan fingerprint density at radius 1 is 1.11 bits per heavy atom. The zero-order chi connectivity index (χ0) is 13.4. The van der Waals surface area contributed by atoms with Gasteiger partial charge in [0, 0.05) is 5.57 Å². The lowest BCUT2D eigenvalue weighted by Gasteiger charge is -2.16. The Bertz CT molecular complexity index is 645. The van der Waals surface area contributed by atoms with Gasteiger partial charge in [0.15, 0.2) is 0 Å². The van der Waals surface area contributed by atoms with Gasteiger partial charge >= 0.3 is 0 Å². The summed E-state index contributed by atoms with van der Waals surface area (Å²) in [6.07, 6.45) is 2.37. The summed E-state index contributed by atoms with van der Waals surface area (Å²) in [6, 6.07) is 13.5. The van der Waals surface area contributed by atoms with E-state index in [0.717, 1.165) is 12.3 Å². The predicted octanol–water partition coefficient (Wildman–Crippen LogP) is 2.15. The highest BCUT2D eigenvalue weighted by Gasteiger charge is 2.24. The summed E-state index contributed by atoms with van der Waals surface area (Å²) in [5.41, 5.74) is 2.82. The summed E-state index contributed by atoms with van der Waals surface area (Å²) >= 11 is 0. The highest BCUT2D eigenvalue weighted by molar-refractivity contribution is 5.88. The molecule has 2 unspecified atom stereocenters. The molecule has 1 aliphatic rings. The quantitative estimate of drug-likeness (QED) is 0.867. The summed E-state index contributed by atoms with van der Waals surface area (Å²) < 4.78 is 5.27. The SMILES string of the molecule is COc1ccc2cc(C3=CC[NH+](C)C3C)ccc2c1. The first-order chi connectivity index (χ1) is 9.19. The van der Waals surface area contributed by atoms with Crippen LogP contribution < -0.4 is 9.64 Å². The lowest BCUT2D eigenvalue weighted by molar-refractivity contribution is -0.883. The fourth-order valence-electron chi connectivity index (χ4n) is 2.79. The summed E-state index contributed by atoms with van der Waals surface area (Å²) in [7, 11) is 3.96. The third-order valence-electron chi connectivity index (χ3n) is 4.23. The molecule has 2 aromatic rings. The standard InChI is InChI=1S/C17H19NO/c1-12-17(8-9-18(12)2)15-5-4-14-11-16(19-3)7-6-13(14)10-15/h4-8,10-12H,9H2,1-3H3/p+1. The number of methoxy groups -OCH3 is 1. The van der Waals surface area contributed by atoms with Crippen molar-refractivity contribution in [1.29, 1.82) is 0 Å². The van der Waals surface area contributed by atoms with Crippen LogP contribution in [0.1, 0.15) is 12.5 Å². The number of rotatable bonds is 2. The molecule has 2 atom stereocenters. The van der Waals surface area contributed by atoms with Crippen molar-refractivity contribution >= 4 is 16.3 Å². The highest BCUT2D eigenvalue weighted by Crippen LogP contribution is 2.26. The number of fused-ring (bicyclic) bond motifs is 1. The first kappa shape index (κ1) is 12.2. The van der Waals surface area contributed by atoms with Crippen LogP contribution in [0, 0.1) is 0 Å². The highest BCUT2D eigenvalue weighted by atomic mass is 16.5. The van der Waals surface area contributed by atoms with E-state index >= 15 is 0 Å². The van der Waals surface area contributed by atoms with Gasteiger partial charge in [-0.2, -0.15) is 0 Å². The Hall–Kier alpha value is -1.80. The third kappa shape index (κ3) is 2.13. The summed E-state index contributed by atoms with van der Waals surface area (Å²) in [5.74, 6) is 0.915. The maximum absolute atomic E-state index is 5.27. The summed E-state index contributed by atoms with van der Waals surface area (Å²) in [4.78, 5) is 1.56. The van der Waals surface area contributed by atoms with Gasteiger partial charge in [-0.1, -0.05) is 18.2 Å². The minimum Gasteiger partial charge on any atom is -0.497 e. The van der Waals surface area contributed by atoms with Crippen LogP contribution in [0.4, 0.5) is 0 Å². The molecule has 0 aromatic heterocycles. The fourth-order valence-corrected chi connectivity index (χ4v) is 2.79. The molecule has 1 heterocycles. The van der Waals surface area contributed by atoms with Gasteiger partial charge in [-0.15, -0.1) is 0 Å². The lowest BCUT2D eigenvalue weighted by atomic mass is 9.98. The van der Waals surface area contributed by atoms with Gasteiger partial charge in [0.1, 0.15) is 11.8 Å². The van der Waals surface area contributed by atoms with Crippen LogP contribution >= 0.6 is 0 Å². The second kappa shape index (κ2) is 4.71. The lowest BCUT2D eigenvalue weighted by Crippen LogP contribution is -3.10. The van der Waals surface area contributed by atoms with Crippen LogP contribution in [0.25, 0.3) is 16.3 Å². The van der Waals surface area contributed by atoms with E-state index in [4.69, 9.17) is 4.74 Å². The normalized spacial score (nSPS) is 22.6. The Kier molecular flexibility index (Phi) is 3.03. The largest absolute Gasteiger partial charge is 0.497 e. The molecular weight excluding hydrogens is 234 g/mol. The molecule has 0 fully saturated rings. The second-order valence-corrected chi connectivity index (χ2v) is 5.36. The number of hydrogen-bond donors (Lipinski definition) is 1. The second-order valence-electron chi connectivity index (χ2n) is 5.36. The molecule has 0 bridgehead atoms. The number of likely N-dealkylation sites (N-methyl/N-ethyl adjacent to an activating group) is 1. The van der Waals surface area contributed by atoms with Gasteiger partial charge in [-0.25, -0.2) is 0 Å². The monoisotopic (exact) mass is 254 g/mol. The molecule has 0 aliphatic carbocycles. The minimum atomic E-state index is 0.579. The van der Waals surface area contributed by atoms with Gasteiger partial charge in [0.25, 0.3) is 0 Å². The van der Waals surface area contributed by atoms with Crippen LogP contribution in [-0.4, -0.2) is 26.7 Å². The molecule has 1 N–H and O–H groups in total. The van der Waals surface area contributed by atoms with Crippen molar-refractivity contribution in [3.05, 3.63) is 48.0 Å². The van der Waals surface area contributed by atoms with E-state index in [9.17, 15) is 0 Å². The van der Waals surface area contributed by atoms with E-state index < -0.39 is 0 Å². The van der Waals surface area contributed by atoms with Gasteiger partial charge in [-0.05, 0) is 47.5 Å². The van der Waals surface area contributed by atoms with E-state index in [-0.39, 0.29) is 0 Å². The average Bonchev–Trinajstić information content (AvgIpc) is 2.78. The van der Waals surface area contributed by atoms with Crippen molar-refractivity contribution in [3.8, 4) is 5.75 Å². The van der Waals surface area contributed by atoms with E-state index in [1.165, 1.54) is 21.9 Å². The molecule has 0 saturated carbocycles. The third-order valence-corrected chi connectivity index (χ3v) is 4.23. The van der Waals surface area contributed by atoms with Gasteiger partial charge in [0.2, 0.25) is 0 Å². The van der Waals surface area contributed by atoms with Crippen molar-refractivity contribution < 1.29 is 9.64 Å². The van der Waals surface area contributed by atoms with Crippen molar-refractivity contribution in [1.82, 2.24) is 0 Å². The molecule has 98 valence electrons. The van der Waals surface area contributed by atoms with Crippen molar-refractivity contribution in [2.75, 3.05) is 20.7 Å². The first-order valence-corrected chi connectivity index (χ1v) is 6.79. The zero-order valence-corrected chi connectivity index (χ0v) is 11.7. The van der Waals surface area contributed by atoms with Gasteiger partial charge in [0.05, 0.1) is 20.7 Å². The number of ether oxygens (including phenoxy) is 1. The number of quaternary nitrogens is 1. The molecule has 3 rings (SSSR count).